The quantitative estimate of drug-likeness (QED) is 0.841. The Morgan fingerprint density at radius 1 is 1.22 bits per heavy atom. The zero-order valence-corrected chi connectivity index (χ0v) is 11.2. The molecule has 0 fully saturated rings. The van der Waals surface area contributed by atoms with Crippen LogP contribution in [-0.4, -0.2) is 41.8 Å². The normalized spacial score (nSPS) is 19.9. The average molecular weight is 248 g/mol. The molecule has 0 saturated carbocycles. The zero-order valence-electron chi connectivity index (χ0n) is 11.2. The van der Waals surface area contributed by atoms with Crippen LogP contribution in [0.1, 0.15) is 24.5 Å². The number of aliphatic hydroxyl groups excluding tert-OH is 1. The molecule has 18 heavy (non-hydrogen) atoms. The molecular formula is C15H24N2O. The predicted octanol–water partition coefficient (Wildman–Crippen LogP) is 1.19. The fourth-order valence-electron chi connectivity index (χ4n) is 2.43. The Kier molecular flexibility index (Phi) is 4.38. The Hall–Kier alpha value is -0.900. The summed E-state index contributed by atoms with van der Waals surface area (Å²) in [6.07, 6.45) is 3.09. The van der Waals surface area contributed by atoms with E-state index >= 15 is 0 Å². The van der Waals surface area contributed by atoms with Gasteiger partial charge in [0.25, 0.3) is 0 Å². The summed E-state index contributed by atoms with van der Waals surface area (Å²) in [5.41, 5.74) is 8.50. The third-order valence-corrected chi connectivity index (χ3v) is 3.87. The molecule has 0 radical (unpaired) electrons. The molecule has 0 aliphatic carbocycles. The number of benzene rings is 1. The Balaban J connectivity index is 1.88. The van der Waals surface area contributed by atoms with Gasteiger partial charge in [0.05, 0.1) is 6.61 Å². The molecule has 100 valence electrons. The van der Waals surface area contributed by atoms with E-state index in [2.05, 4.69) is 29.2 Å². The summed E-state index contributed by atoms with van der Waals surface area (Å²) in [5, 5.41) is 9.18. The summed E-state index contributed by atoms with van der Waals surface area (Å²) < 4.78 is 0. The lowest BCUT2D eigenvalue weighted by molar-refractivity contribution is 0.176. The summed E-state index contributed by atoms with van der Waals surface area (Å²) in [6, 6.07) is 8.72. The second kappa shape index (κ2) is 5.83. The molecule has 0 spiro atoms. The van der Waals surface area contributed by atoms with Crippen LogP contribution >= 0.6 is 0 Å². The minimum atomic E-state index is -0.445. The predicted molar refractivity (Wildman–Crippen MR) is 74.6 cm³/mol. The van der Waals surface area contributed by atoms with E-state index in [0.29, 0.717) is 0 Å². The number of hydrogen-bond donors (Lipinski definition) is 2. The van der Waals surface area contributed by atoms with E-state index in [-0.39, 0.29) is 6.61 Å². The van der Waals surface area contributed by atoms with Crippen molar-refractivity contribution in [3.63, 3.8) is 0 Å². The molecule has 1 aromatic carbocycles. The number of nitrogens with zero attached hydrogens (tertiary/aromatic N) is 1. The fourth-order valence-corrected chi connectivity index (χ4v) is 2.43. The van der Waals surface area contributed by atoms with Gasteiger partial charge in [0.1, 0.15) is 0 Å². The van der Waals surface area contributed by atoms with Crippen molar-refractivity contribution in [2.24, 2.45) is 5.73 Å². The molecule has 2 rings (SSSR count). The highest BCUT2D eigenvalue weighted by Crippen LogP contribution is 2.16. The molecule has 1 heterocycles. The molecule has 3 N–H and O–H groups in total. The van der Waals surface area contributed by atoms with Gasteiger partial charge in [0.15, 0.2) is 0 Å². The van der Waals surface area contributed by atoms with E-state index < -0.39 is 5.54 Å². The molecule has 0 aromatic heterocycles. The highest BCUT2D eigenvalue weighted by atomic mass is 16.3. The molecular weight excluding hydrogens is 224 g/mol. The first-order valence-corrected chi connectivity index (χ1v) is 6.80. The maximum atomic E-state index is 9.18. The van der Waals surface area contributed by atoms with Crippen molar-refractivity contribution in [1.82, 2.24) is 4.90 Å². The number of rotatable bonds is 4. The molecule has 1 aliphatic heterocycles. The highest BCUT2D eigenvalue weighted by Gasteiger charge is 2.20. The van der Waals surface area contributed by atoms with Crippen molar-refractivity contribution in [3.05, 3.63) is 35.4 Å². The van der Waals surface area contributed by atoms with Crippen LogP contribution in [0.5, 0.6) is 0 Å². The third kappa shape index (κ3) is 3.55. The monoisotopic (exact) mass is 248 g/mol. The van der Waals surface area contributed by atoms with Gasteiger partial charge in [-0.05, 0) is 43.9 Å². The van der Waals surface area contributed by atoms with Crippen molar-refractivity contribution in [1.29, 1.82) is 0 Å². The summed E-state index contributed by atoms with van der Waals surface area (Å²) in [6.45, 7) is 5.14. The third-order valence-electron chi connectivity index (χ3n) is 3.87. The summed E-state index contributed by atoms with van der Waals surface area (Å²) >= 11 is 0. The lowest BCUT2D eigenvalue weighted by Crippen LogP contribution is -2.43. The molecule has 3 heteroatoms. The van der Waals surface area contributed by atoms with Gasteiger partial charge in [-0.15, -0.1) is 0 Å². The largest absolute Gasteiger partial charge is 0.394 e. The minimum absolute atomic E-state index is 0.0566. The van der Waals surface area contributed by atoms with Crippen LogP contribution in [0.25, 0.3) is 0 Å². The fraction of sp³-hybridized carbons (Fsp3) is 0.600. The second-order valence-corrected chi connectivity index (χ2v) is 5.67. The molecule has 1 unspecified atom stereocenters. The number of nitrogens with two attached hydrogens (primary N) is 1. The molecule has 3 nitrogen and oxygen atoms in total. The number of hydrogen-bond acceptors (Lipinski definition) is 3. The average Bonchev–Trinajstić information content (AvgIpc) is 2.59. The lowest BCUT2D eigenvalue weighted by atomic mass is 10.0. The van der Waals surface area contributed by atoms with Gasteiger partial charge in [0, 0.05) is 18.6 Å². The molecule has 0 amide bonds. The summed E-state index contributed by atoms with van der Waals surface area (Å²) in [7, 11) is 0. The van der Waals surface area contributed by atoms with Gasteiger partial charge in [-0.2, -0.15) is 0 Å². The van der Waals surface area contributed by atoms with Crippen LogP contribution in [0.2, 0.25) is 0 Å². The molecule has 0 bridgehead atoms. The van der Waals surface area contributed by atoms with Crippen LogP contribution < -0.4 is 5.73 Å². The van der Waals surface area contributed by atoms with Crippen molar-refractivity contribution in [3.8, 4) is 0 Å². The summed E-state index contributed by atoms with van der Waals surface area (Å²) in [4.78, 5) is 2.46. The Bertz CT molecular complexity index is 363. The van der Waals surface area contributed by atoms with Gasteiger partial charge in [-0.25, -0.2) is 0 Å². The Morgan fingerprint density at radius 3 is 2.28 bits per heavy atom. The molecule has 1 atom stereocenters. The van der Waals surface area contributed by atoms with Crippen molar-refractivity contribution >= 4 is 0 Å². The topological polar surface area (TPSA) is 49.5 Å². The van der Waals surface area contributed by atoms with Crippen LogP contribution in [0.15, 0.2) is 24.3 Å². The van der Waals surface area contributed by atoms with E-state index in [0.717, 1.165) is 38.9 Å². The first kappa shape index (κ1) is 13.5. The van der Waals surface area contributed by atoms with E-state index in [1.54, 1.807) is 0 Å². The first-order valence-electron chi connectivity index (χ1n) is 6.80. The van der Waals surface area contributed by atoms with Crippen molar-refractivity contribution in [2.75, 3.05) is 26.2 Å². The smallest absolute Gasteiger partial charge is 0.0608 e. The van der Waals surface area contributed by atoms with Gasteiger partial charge >= 0.3 is 0 Å². The van der Waals surface area contributed by atoms with Gasteiger partial charge in [-0.3, -0.25) is 0 Å². The summed E-state index contributed by atoms with van der Waals surface area (Å²) in [5.74, 6) is 0. The minimum Gasteiger partial charge on any atom is -0.394 e. The second-order valence-electron chi connectivity index (χ2n) is 5.67. The van der Waals surface area contributed by atoms with E-state index in [4.69, 9.17) is 5.73 Å². The van der Waals surface area contributed by atoms with Crippen LogP contribution in [0, 0.1) is 0 Å². The van der Waals surface area contributed by atoms with Gasteiger partial charge in [0.2, 0.25) is 0 Å². The number of fused-ring (bicyclic) bond motifs is 1. The SMILES string of the molecule is CC(N)(CO)CCN1CCc2ccccc2CC1. The number of aliphatic hydroxyl groups is 1. The molecule has 1 aliphatic rings. The van der Waals surface area contributed by atoms with Crippen LogP contribution in [0.4, 0.5) is 0 Å². The molecule has 1 aromatic rings. The van der Waals surface area contributed by atoms with Gasteiger partial charge in [-0.1, -0.05) is 24.3 Å². The van der Waals surface area contributed by atoms with Crippen molar-refractivity contribution in [2.45, 2.75) is 31.7 Å². The van der Waals surface area contributed by atoms with Crippen LogP contribution in [0.3, 0.4) is 0 Å². The lowest BCUT2D eigenvalue weighted by Gasteiger charge is -2.27. The Labute approximate surface area is 110 Å². The van der Waals surface area contributed by atoms with E-state index in [1.807, 2.05) is 6.92 Å². The maximum absolute atomic E-state index is 9.18. The van der Waals surface area contributed by atoms with Gasteiger partial charge < -0.3 is 15.7 Å². The van der Waals surface area contributed by atoms with Crippen LogP contribution in [-0.2, 0) is 12.8 Å². The maximum Gasteiger partial charge on any atom is 0.0608 e. The highest BCUT2D eigenvalue weighted by molar-refractivity contribution is 5.28. The van der Waals surface area contributed by atoms with Crippen molar-refractivity contribution < 1.29 is 5.11 Å². The first-order chi connectivity index (χ1) is 8.61. The standard InChI is InChI=1S/C15H24N2O/c1-15(16,12-18)8-11-17-9-6-13-4-2-3-5-14(13)7-10-17/h2-5,18H,6-12,16H2,1H3. The van der Waals surface area contributed by atoms with E-state index in [1.165, 1.54) is 11.1 Å². The zero-order chi connectivity index (χ0) is 13.0. The van der Waals surface area contributed by atoms with E-state index in [9.17, 15) is 5.11 Å². The molecule has 0 saturated heterocycles. The Morgan fingerprint density at radius 2 is 1.78 bits per heavy atom.